The van der Waals surface area contributed by atoms with E-state index in [1.807, 2.05) is 32.0 Å². The molecule has 0 fully saturated rings. The first-order chi connectivity index (χ1) is 14.0. The van der Waals surface area contributed by atoms with Crippen LogP contribution in [0, 0.1) is 16.0 Å². The zero-order valence-electron chi connectivity index (χ0n) is 16.5. The van der Waals surface area contributed by atoms with Crippen molar-refractivity contribution in [1.29, 1.82) is 0 Å². The van der Waals surface area contributed by atoms with Crippen LogP contribution in [0.5, 0.6) is 11.5 Å². The lowest BCUT2D eigenvalue weighted by Gasteiger charge is -2.25. The molecule has 0 bridgehead atoms. The highest BCUT2D eigenvalue weighted by molar-refractivity contribution is 5.77. The van der Waals surface area contributed by atoms with Crippen LogP contribution in [0.1, 0.15) is 31.9 Å². The summed E-state index contributed by atoms with van der Waals surface area (Å²) in [6, 6.07) is 11.9. The van der Waals surface area contributed by atoms with Crippen LogP contribution in [0.2, 0.25) is 0 Å². The van der Waals surface area contributed by atoms with Crippen LogP contribution in [0.15, 0.2) is 42.5 Å². The minimum atomic E-state index is -0.445. The van der Waals surface area contributed by atoms with E-state index in [0.29, 0.717) is 36.9 Å². The zero-order valence-corrected chi connectivity index (χ0v) is 16.5. The smallest absolute Gasteiger partial charge is 0.292 e. The maximum absolute atomic E-state index is 12.5. The summed E-state index contributed by atoms with van der Waals surface area (Å²) in [7, 11) is 0. The van der Waals surface area contributed by atoms with Crippen LogP contribution in [0.25, 0.3) is 0 Å². The van der Waals surface area contributed by atoms with Gasteiger partial charge < -0.3 is 20.1 Å². The molecule has 1 heterocycles. The number of hydrogen-bond donors (Lipinski definition) is 2. The van der Waals surface area contributed by atoms with Crippen LogP contribution in [0.4, 0.5) is 11.4 Å². The van der Waals surface area contributed by atoms with E-state index < -0.39 is 4.92 Å². The quantitative estimate of drug-likeness (QED) is 0.518. The summed E-state index contributed by atoms with van der Waals surface area (Å²) >= 11 is 0. The second-order valence-electron chi connectivity index (χ2n) is 7.14. The highest BCUT2D eigenvalue weighted by Crippen LogP contribution is 2.34. The van der Waals surface area contributed by atoms with Crippen LogP contribution in [0.3, 0.4) is 0 Å². The number of para-hydroxylation sites is 2. The predicted molar refractivity (Wildman–Crippen MR) is 109 cm³/mol. The Kier molecular flexibility index (Phi) is 6.54. The molecule has 2 aromatic rings. The average Bonchev–Trinajstić information content (AvgIpc) is 2.71. The van der Waals surface area contributed by atoms with E-state index in [9.17, 15) is 14.9 Å². The third kappa shape index (κ3) is 5.16. The largest absolute Gasteiger partial charge is 0.486 e. The number of nitro benzene ring substituents is 1. The molecule has 154 valence electrons. The molecule has 1 aliphatic heterocycles. The SMILES string of the molecule is CC(C)C(NC(=O)CCNc1ccccc1[N+](=O)[O-])c1ccc2c(c1)OCCO2. The van der Waals surface area contributed by atoms with E-state index >= 15 is 0 Å². The van der Waals surface area contributed by atoms with Gasteiger partial charge in [-0.3, -0.25) is 14.9 Å². The summed E-state index contributed by atoms with van der Waals surface area (Å²) in [4.78, 5) is 23.1. The van der Waals surface area contributed by atoms with Crippen molar-refractivity contribution in [3.05, 3.63) is 58.1 Å². The first-order valence-electron chi connectivity index (χ1n) is 9.62. The molecule has 1 aliphatic rings. The van der Waals surface area contributed by atoms with Gasteiger partial charge in [-0.2, -0.15) is 0 Å². The van der Waals surface area contributed by atoms with Gasteiger partial charge >= 0.3 is 0 Å². The Labute approximate surface area is 169 Å². The molecule has 0 spiro atoms. The number of nitro groups is 1. The molecule has 8 heteroatoms. The first kappa shape index (κ1) is 20.4. The fourth-order valence-electron chi connectivity index (χ4n) is 3.23. The van der Waals surface area contributed by atoms with Gasteiger partial charge in [0.15, 0.2) is 11.5 Å². The van der Waals surface area contributed by atoms with Crippen molar-refractivity contribution in [1.82, 2.24) is 5.32 Å². The predicted octanol–water partition coefficient (Wildman–Crippen LogP) is 3.68. The van der Waals surface area contributed by atoms with Gasteiger partial charge in [-0.1, -0.05) is 32.0 Å². The molecule has 1 atom stereocenters. The van der Waals surface area contributed by atoms with Crippen molar-refractivity contribution in [2.45, 2.75) is 26.3 Å². The number of benzene rings is 2. The maximum Gasteiger partial charge on any atom is 0.292 e. The average molecular weight is 399 g/mol. The fraction of sp³-hybridized carbons (Fsp3) is 0.381. The van der Waals surface area contributed by atoms with Gasteiger partial charge in [0.1, 0.15) is 18.9 Å². The Bertz CT molecular complexity index is 884. The number of rotatable bonds is 8. The summed E-state index contributed by atoms with van der Waals surface area (Å²) in [5, 5.41) is 17.1. The molecular weight excluding hydrogens is 374 g/mol. The van der Waals surface area contributed by atoms with E-state index in [2.05, 4.69) is 10.6 Å². The third-order valence-corrected chi connectivity index (χ3v) is 4.68. The number of amides is 1. The molecule has 0 radical (unpaired) electrons. The Hall–Kier alpha value is -3.29. The van der Waals surface area contributed by atoms with Crippen molar-refractivity contribution in [2.24, 2.45) is 5.92 Å². The summed E-state index contributed by atoms with van der Waals surface area (Å²) in [5.74, 6) is 1.43. The number of nitrogens with zero attached hydrogens (tertiary/aromatic N) is 1. The molecular formula is C21H25N3O5. The van der Waals surface area contributed by atoms with Crippen LogP contribution in [-0.2, 0) is 4.79 Å². The molecule has 2 N–H and O–H groups in total. The van der Waals surface area contributed by atoms with Gasteiger partial charge in [-0.05, 0) is 29.7 Å². The van der Waals surface area contributed by atoms with Crippen LogP contribution >= 0.6 is 0 Å². The Morgan fingerprint density at radius 3 is 2.59 bits per heavy atom. The van der Waals surface area contributed by atoms with Crippen molar-refractivity contribution in [2.75, 3.05) is 25.1 Å². The van der Waals surface area contributed by atoms with Gasteiger partial charge in [0.05, 0.1) is 11.0 Å². The molecule has 0 aromatic heterocycles. The molecule has 8 nitrogen and oxygen atoms in total. The van der Waals surface area contributed by atoms with Crippen molar-refractivity contribution in [3.8, 4) is 11.5 Å². The van der Waals surface area contributed by atoms with E-state index in [-0.39, 0.29) is 30.0 Å². The van der Waals surface area contributed by atoms with Gasteiger partial charge in [-0.25, -0.2) is 0 Å². The van der Waals surface area contributed by atoms with E-state index in [4.69, 9.17) is 9.47 Å². The highest BCUT2D eigenvalue weighted by atomic mass is 16.6. The lowest BCUT2D eigenvalue weighted by molar-refractivity contribution is -0.384. The Morgan fingerprint density at radius 1 is 1.14 bits per heavy atom. The molecule has 0 saturated heterocycles. The highest BCUT2D eigenvalue weighted by Gasteiger charge is 2.21. The van der Waals surface area contributed by atoms with Gasteiger partial charge in [-0.15, -0.1) is 0 Å². The molecule has 1 amide bonds. The summed E-state index contributed by atoms with van der Waals surface area (Å²) in [5.41, 5.74) is 1.34. The minimum absolute atomic E-state index is 0.00996. The number of ether oxygens (including phenoxy) is 2. The van der Waals surface area contributed by atoms with Gasteiger partial charge in [0, 0.05) is 19.0 Å². The van der Waals surface area contributed by atoms with Gasteiger partial charge in [0.25, 0.3) is 5.69 Å². The monoisotopic (exact) mass is 399 g/mol. The van der Waals surface area contributed by atoms with Crippen molar-refractivity contribution >= 4 is 17.3 Å². The summed E-state index contributed by atoms with van der Waals surface area (Å²) < 4.78 is 11.2. The van der Waals surface area contributed by atoms with Crippen molar-refractivity contribution in [3.63, 3.8) is 0 Å². The first-order valence-corrected chi connectivity index (χ1v) is 9.62. The van der Waals surface area contributed by atoms with E-state index in [1.54, 1.807) is 18.2 Å². The number of nitrogens with one attached hydrogen (secondary N) is 2. The molecule has 0 aliphatic carbocycles. The minimum Gasteiger partial charge on any atom is -0.486 e. The lowest BCUT2D eigenvalue weighted by atomic mass is 9.95. The summed E-state index contributed by atoms with van der Waals surface area (Å²) in [6.07, 6.45) is 0.194. The summed E-state index contributed by atoms with van der Waals surface area (Å²) in [6.45, 7) is 5.40. The van der Waals surface area contributed by atoms with E-state index in [0.717, 1.165) is 5.56 Å². The molecule has 2 aromatic carbocycles. The molecule has 29 heavy (non-hydrogen) atoms. The molecule has 0 saturated carbocycles. The van der Waals surface area contributed by atoms with E-state index in [1.165, 1.54) is 6.07 Å². The Morgan fingerprint density at radius 2 is 1.86 bits per heavy atom. The van der Waals surface area contributed by atoms with Crippen LogP contribution < -0.4 is 20.1 Å². The standard InChI is InChI=1S/C21H25N3O5/c1-14(2)21(15-7-8-18-19(13-15)29-12-11-28-18)23-20(25)9-10-22-16-5-3-4-6-17(16)24(26)27/h3-8,13-14,21-22H,9-12H2,1-2H3,(H,23,25). The third-order valence-electron chi connectivity index (χ3n) is 4.68. The lowest BCUT2D eigenvalue weighted by Crippen LogP contribution is -2.32. The van der Waals surface area contributed by atoms with Crippen molar-refractivity contribution < 1.29 is 19.2 Å². The number of fused-ring (bicyclic) bond motifs is 1. The second kappa shape index (κ2) is 9.27. The number of carbonyl (C=O) groups excluding carboxylic acids is 1. The molecule has 3 rings (SSSR count). The van der Waals surface area contributed by atoms with Crippen LogP contribution in [-0.4, -0.2) is 30.6 Å². The number of hydrogen-bond acceptors (Lipinski definition) is 6. The fourth-order valence-corrected chi connectivity index (χ4v) is 3.23. The second-order valence-corrected chi connectivity index (χ2v) is 7.14. The zero-order chi connectivity index (χ0) is 20.8. The number of carbonyl (C=O) groups is 1. The maximum atomic E-state index is 12.5. The number of anilines is 1. The Balaban J connectivity index is 1.60. The van der Waals surface area contributed by atoms with Gasteiger partial charge in [0.2, 0.25) is 5.91 Å². The molecule has 1 unspecified atom stereocenters. The topological polar surface area (TPSA) is 103 Å². The normalized spacial score (nSPS) is 13.6.